The number of hydrogen-bond acceptors (Lipinski definition) is 3. The minimum absolute atomic E-state index is 0.273. The van der Waals surface area contributed by atoms with Crippen molar-refractivity contribution in [1.82, 2.24) is 8.87 Å². The lowest BCUT2D eigenvalue weighted by Crippen LogP contribution is -2.59. The van der Waals surface area contributed by atoms with E-state index >= 15 is 0 Å². The topological polar surface area (TPSA) is 85.4 Å². The molecule has 130 valence electrons. The Morgan fingerprint density at radius 1 is 1.25 bits per heavy atom. The van der Waals surface area contributed by atoms with Gasteiger partial charge >= 0.3 is 0 Å². The Morgan fingerprint density at radius 3 is 2.58 bits per heavy atom. The standard InChI is InChI=1S/C17H23N3O3S/c1-12-15(13-8-4-5-9-14(13)19(12)3)24(22,23)20-11-7-6-10-17(20,2)16(18)21/h4-5,8-9H,6-7,10-11H2,1-3H3,(H2,18,21). The average Bonchev–Trinajstić information content (AvgIpc) is 2.80. The van der Waals surface area contributed by atoms with Crippen LogP contribution < -0.4 is 5.73 Å². The third-order valence-electron chi connectivity index (χ3n) is 5.25. The van der Waals surface area contributed by atoms with Crippen LogP contribution >= 0.6 is 0 Å². The van der Waals surface area contributed by atoms with Gasteiger partial charge in [-0.05, 0) is 39.2 Å². The van der Waals surface area contributed by atoms with Crippen LogP contribution in [0.1, 0.15) is 31.9 Å². The van der Waals surface area contributed by atoms with Gasteiger partial charge in [0.05, 0.1) is 0 Å². The quantitative estimate of drug-likeness (QED) is 0.918. The Kier molecular flexibility index (Phi) is 3.96. The molecule has 1 saturated heterocycles. The number of hydrogen-bond donors (Lipinski definition) is 1. The maximum atomic E-state index is 13.5. The fourth-order valence-electron chi connectivity index (χ4n) is 3.65. The van der Waals surface area contributed by atoms with E-state index in [0.29, 0.717) is 24.0 Å². The Hall–Kier alpha value is -1.86. The molecule has 0 bridgehead atoms. The number of primary amides is 1. The number of amides is 1. The van der Waals surface area contributed by atoms with Crippen LogP contribution in [0.15, 0.2) is 29.2 Å². The largest absolute Gasteiger partial charge is 0.368 e. The number of para-hydroxylation sites is 1. The van der Waals surface area contributed by atoms with Gasteiger partial charge in [-0.15, -0.1) is 0 Å². The predicted octanol–water partition coefficient (Wildman–Crippen LogP) is 1.91. The molecule has 1 unspecified atom stereocenters. The summed E-state index contributed by atoms with van der Waals surface area (Å²) in [4.78, 5) is 12.3. The zero-order valence-corrected chi connectivity index (χ0v) is 15.1. The van der Waals surface area contributed by atoms with E-state index in [2.05, 4.69) is 0 Å². The van der Waals surface area contributed by atoms with Crippen molar-refractivity contribution in [3.8, 4) is 0 Å². The van der Waals surface area contributed by atoms with Gasteiger partial charge in [-0.25, -0.2) is 8.42 Å². The van der Waals surface area contributed by atoms with Crippen LogP contribution in [0.5, 0.6) is 0 Å². The monoisotopic (exact) mass is 349 g/mol. The molecule has 1 fully saturated rings. The molecular formula is C17H23N3O3S. The first-order valence-electron chi connectivity index (χ1n) is 8.08. The van der Waals surface area contributed by atoms with Gasteiger partial charge in [-0.1, -0.05) is 18.2 Å². The third kappa shape index (κ3) is 2.26. The second-order valence-electron chi connectivity index (χ2n) is 6.66. The summed E-state index contributed by atoms with van der Waals surface area (Å²) in [6.07, 6.45) is 1.97. The van der Waals surface area contributed by atoms with E-state index in [1.54, 1.807) is 19.9 Å². The fourth-order valence-corrected chi connectivity index (χ4v) is 5.91. The SMILES string of the molecule is Cc1c(S(=O)(=O)N2CCCCC2(C)C(N)=O)c2ccccc2n1C. The molecule has 1 atom stereocenters. The van der Waals surface area contributed by atoms with E-state index in [9.17, 15) is 13.2 Å². The molecule has 1 amide bonds. The lowest BCUT2D eigenvalue weighted by molar-refractivity contribution is -0.128. The van der Waals surface area contributed by atoms with Crippen LogP contribution in [0.25, 0.3) is 10.9 Å². The van der Waals surface area contributed by atoms with E-state index in [0.717, 1.165) is 18.4 Å². The first-order valence-corrected chi connectivity index (χ1v) is 9.52. The smallest absolute Gasteiger partial charge is 0.246 e. The van der Waals surface area contributed by atoms with Gasteiger partial charge in [0.25, 0.3) is 0 Å². The van der Waals surface area contributed by atoms with Gasteiger partial charge in [0, 0.05) is 30.2 Å². The average molecular weight is 349 g/mol. The number of fused-ring (bicyclic) bond motifs is 1. The lowest BCUT2D eigenvalue weighted by atomic mass is 9.90. The summed E-state index contributed by atoms with van der Waals surface area (Å²) in [5, 5.41) is 0.676. The predicted molar refractivity (Wildman–Crippen MR) is 93.0 cm³/mol. The van der Waals surface area contributed by atoms with Crippen molar-refractivity contribution in [1.29, 1.82) is 0 Å². The van der Waals surface area contributed by atoms with Crippen molar-refractivity contribution in [2.75, 3.05) is 6.54 Å². The van der Waals surface area contributed by atoms with Crippen LogP contribution in [-0.4, -0.2) is 35.3 Å². The highest BCUT2D eigenvalue weighted by molar-refractivity contribution is 7.89. The first-order chi connectivity index (χ1) is 11.2. The number of aromatic nitrogens is 1. The van der Waals surface area contributed by atoms with Gasteiger partial charge in [0.2, 0.25) is 15.9 Å². The molecule has 2 heterocycles. The van der Waals surface area contributed by atoms with Gasteiger partial charge in [-0.3, -0.25) is 4.79 Å². The summed E-state index contributed by atoms with van der Waals surface area (Å²) in [6.45, 7) is 3.73. The molecule has 24 heavy (non-hydrogen) atoms. The molecule has 6 nitrogen and oxygen atoms in total. The van der Waals surface area contributed by atoms with Crippen LogP contribution in [0, 0.1) is 6.92 Å². The molecule has 3 rings (SSSR count). The zero-order valence-electron chi connectivity index (χ0n) is 14.2. The molecule has 0 aliphatic carbocycles. The number of aryl methyl sites for hydroxylation is 1. The number of piperidine rings is 1. The summed E-state index contributed by atoms with van der Waals surface area (Å²) >= 11 is 0. The van der Waals surface area contributed by atoms with Crippen LogP contribution in [0.4, 0.5) is 0 Å². The minimum Gasteiger partial charge on any atom is -0.368 e. The minimum atomic E-state index is -3.84. The molecule has 1 aromatic carbocycles. The van der Waals surface area contributed by atoms with Crippen LogP contribution in [0.3, 0.4) is 0 Å². The molecule has 0 radical (unpaired) electrons. The number of rotatable bonds is 3. The Labute approximate surface area is 142 Å². The van der Waals surface area contributed by atoms with Gasteiger partial charge < -0.3 is 10.3 Å². The van der Waals surface area contributed by atoms with E-state index in [1.165, 1.54) is 4.31 Å². The molecule has 7 heteroatoms. The van der Waals surface area contributed by atoms with Crippen molar-refractivity contribution in [3.63, 3.8) is 0 Å². The first kappa shape index (κ1) is 17.0. The van der Waals surface area contributed by atoms with E-state index in [-0.39, 0.29) is 4.90 Å². The lowest BCUT2D eigenvalue weighted by Gasteiger charge is -2.41. The number of sulfonamides is 1. The van der Waals surface area contributed by atoms with Crippen molar-refractivity contribution < 1.29 is 13.2 Å². The molecule has 2 aromatic rings. The molecule has 1 aliphatic rings. The van der Waals surface area contributed by atoms with Crippen molar-refractivity contribution >= 4 is 26.8 Å². The summed E-state index contributed by atoms with van der Waals surface area (Å²) in [6, 6.07) is 7.41. The van der Waals surface area contributed by atoms with Crippen LogP contribution in [0.2, 0.25) is 0 Å². The molecular weight excluding hydrogens is 326 g/mol. The summed E-state index contributed by atoms with van der Waals surface area (Å²) in [5.74, 6) is -0.594. The van der Waals surface area contributed by atoms with Gasteiger partial charge in [0.15, 0.2) is 0 Å². The zero-order chi connectivity index (χ0) is 17.7. The highest BCUT2D eigenvalue weighted by Crippen LogP contribution is 2.37. The Balaban J connectivity index is 2.25. The summed E-state index contributed by atoms with van der Waals surface area (Å²) in [7, 11) is -1.99. The van der Waals surface area contributed by atoms with Crippen LogP contribution in [-0.2, 0) is 21.9 Å². The van der Waals surface area contributed by atoms with Crippen molar-refractivity contribution in [3.05, 3.63) is 30.0 Å². The number of nitrogens with two attached hydrogens (primary N) is 1. The molecule has 1 aromatic heterocycles. The van der Waals surface area contributed by atoms with Gasteiger partial charge in [-0.2, -0.15) is 4.31 Å². The fraction of sp³-hybridized carbons (Fsp3) is 0.471. The van der Waals surface area contributed by atoms with Gasteiger partial charge in [0.1, 0.15) is 10.4 Å². The number of carbonyl (C=O) groups excluding carboxylic acids is 1. The molecule has 0 spiro atoms. The van der Waals surface area contributed by atoms with E-state index in [1.807, 2.05) is 29.8 Å². The maximum absolute atomic E-state index is 13.5. The number of benzene rings is 1. The second-order valence-corrected chi connectivity index (χ2v) is 8.46. The highest BCUT2D eigenvalue weighted by atomic mass is 32.2. The van der Waals surface area contributed by atoms with Crippen molar-refractivity contribution in [2.45, 2.75) is 43.5 Å². The normalized spacial score (nSPS) is 22.8. The Bertz CT molecular complexity index is 917. The van der Waals surface area contributed by atoms with Crippen molar-refractivity contribution in [2.24, 2.45) is 12.8 Å². The third-order valence-corrected chi connectivity index (χ3v) is 7.44. The second kappa shape index (κ2) is 5.60. The summed E-state index contributed by atoms with van der Waals surface area (Å²) in [5.41, 5.74) is 5.91. The molecule has 1 aliphatic heterocycles. The number of nitrogens with zero attached hydrogens (tertiary/aromatic N) is 2. The van der Waals surface area contributed by atoms with E-state index in [4.69, 9.17) is 5.73 Å². The van der Waals surface area contributed by atoms with E-state index < -0.39 is 21.5 Å². The number of carbonyl (C=O) groups is 1. The molecule has 0 saturated carbocycles. The Morgan fingerprint density at radius 2 is 1.92 bits per heavy atom. The summed E-state index contributed by atoms with van der Waals surface area (Å²) < 4.78 is 30.1. The molecule has 2 N–H and O–H groups in total. The maximum Gasteiger partial charge on any atom is 0.246 e. The highest BCUT2D eigenvalue weighted by Gasteiger charge is 2.47.